The van der Waals surface area contributed by atoms with Crippen molar-refractivity contribution < 1.29 is 4.79 Å². The van der Waals surface area contributed by atoms with E-state index in [0.29, 0.717) is 22.3 Å². The van der Waals surface area contributed by atoms with Gasteiger partial charge in [0.1, 0.15) is 0 Å². The number of carbonyl (C=O) groups excluding carboxylic acids is 1. The number of nitrogen functional groups attached to an aromatic ring is 1. The minimum Gasteiger partial charge on any atom is -0.397 e. The molecule has 1 amide bonds. The van der Waals surface area contributed by atoms with Crippen LogP contribution in [0.15, 0.2) is 12.1 Å². The second-order valence-electron chi connectivity index (χ2n) is 4.13. The molecule has 0 heterocycles. The predicted octanol–water partition coefficient (Wildman–Crippen LogP) is 2.49. The van der Waals surface area contributed by atoms with Gasteiger partial charge in [-0.05, 0) is 19.1 Å². The van der Waals surface area contributed by atoms with E-state index in [0.717, 1.165) is 5.69 Å². The molecule has 0 saturated heterocycles. The van der Waals surface area contributed by atoms with Gasteiger partial charge in [-0.3, -0.25) is 4.79 Å². The Kier molecular flexibility index (Phi) is 5.11. The van der Waals surface area contributed by atoms with Gasteiger partial charge in [0.25, 0.3) is 0 Å². The number of carbonyl (C=O) groups is 1. The molecule has 18 heavy (non-hydrogen) atoms. The molecule has 0 aliphatic heterocycles. The number of rotatable bonds is 4. The fourth-order valence-electron chi connectivity index (χ4n) is 1.50. The number of amides is 1. The third-order valence-electron chi connectivity index (χ3n) is 2.62. The Bertz CT molecular complexity index is 449. The number of benzene rings is 1. The first kappa shape index (κ1) is 14.9. The van der Waals surface area contributed by atoms with Crippen LogP contribution in [-0.4, -0.2) is 38.0 Å². The van der Waals surface area contributed by atoms with E-state index >= 15 is 0 Å². The molecule has 100 valence electrons. The summed E-state index contributed by atoms with van der Waals surface area (Å²) in [6.07, 6.45) is 0. The molecule has 0 unspecified atom stereocenters. The highest BCUT2D eigenvalue weighted by Crippen LogP contribution is 2.32. The first-order chi connectivity index (χ1) is 8.36. The number of likely N-dealkylation sites (N-methyl/N-ethyl adjacent to an activating group) is 2. The van der Waals surface area contributed by atoms with Crippen LogP contribution in [-0.2, 0) is 4.79 Å². The molecular weight excluding hydrogens is 273 g/mol. The van der Waals surface area contributed by atoms with Crippen LogP contribution in [0, 0.1) is 0 Å². The SMILES string of the molecule is CCN(CC(=O)N(C)C)c1cc(Cl)c(Cl)cc1N. The lowest BCUT2D eigenvalue weighted by atomic mass is 10.2. The fourth-order valence-corrected chi connectivity index (χ4v) is 1.83. The van der Waals surface area contributed by atoms with Crippen molar-refractivity contribution in [2.45, 2.75) is 6.92 Å². The number of nitrogens with zero attached hydrogens (tertiary/aromatic N) is 2. The van der Waals surface area contributed by atoms with E-state index < -0.39 is 0 Å². The maximum atomic E-state index is 11.7. The van der Waals surface area contributed by atoms with Crippen LogP contribution >= 0.6 is 23.2 Å². The molecule has 6 heteroatoms. The lowest BCUT2D eigenvalue weighted by Gasteiger charge is -2.25. The lowest BCUT2D eigenvalue weighted by Crippen LogP contribution is -2.36. The molecule has 0 fully saturated rings. The topological polar surface area (TPSA) is 49.6 Å². The van der Waals surface area contributed by atoms with Crippen molar-refractivity contribution >= 4 is 40.5 Å². The zero-order valence-electron chi connectivity index (χ0n) is 10.7. The van der Waals surface area contributed by atoms with Gasteiger partial charge in [-0.1, -0.05) is 23.2 Å². The van der Waals surface area contributed by atoms with Gasteiger partial charge in [-0.2, -0.15) is 0 Å². The molecule has 0 aliphatic rings. The van der Waals surface area contributed by atoms with Crippen LogP contribution in [0.3, 0.4) is 0 Å². The summed E-state index contributed by atoms with van der Waals surface area (Å²) in [6.45, 7) is 2.86. The van der Waals surface area contributed by atoms with E-state index in [1.54, 1.807) is 26.2 Å². The van der Waals surface area contributed by atoms with Crippen LogP contribution in [0.5, 0.6) is 0 Å². The van der Waals surface area contributed by atoms with E-state index in [4.69, 9.17) is 28.9 Å². The summed E-state index contributed by atoms with van der Waals surface area (Å²) in [5, 5.41) is 0.838. The van der Waals surface area contributed by atoms with Gasteiger partial charge in [-0.25, -0.2) is 0 Å². The van der Waals surface area contributed by atoms with E-state index in [1.807, 2.05) is 11.8 Å². The third-order valence-corrected chi connectivity index (χ3v) is 3.34. The maximum absolute atomic E-state index is 11.7. The van der Waals surface area contributed by atoms with Gasteiger partial charge in [0.15, 0.2) is 0 Å². The van der Waals surface area contributed by atoms with Crippen molar-refractivity contribution in [3.63, 3.8) is 0 Å². The molecule has 4 nitrogen and oxygen atoms in total. The van der Waals surface area contributed by atoms with Crippen molar-refractivity contribution in [2.24, 2.45) is 0 Å². The summed E-state index contributed by atoms with van der Waals surface area (Å²) in [5.74, 6) is 0.00215. The van der Waals surface area contributed by atoms with E-state index in [2.05, 4.69) is 0 Å². The van der Waals surface area contributed by atoms with Crippen molar-refractivity contribution in [1.29, 1.82) is 0 Å². The molecule has 1 aromatic carbocycles. The van der Waals surface area contributed by atoms with Crippen molar-refractivity contribution in [2.75, 3.05) is 37.8 Å². The molecule has 0 aliphatic carbocycles. The van der Waals surface area contributed by atoms with Crippen LogP contribution in [0.1, 0.15) is 6.92 Å². The van der Waals surface area contributed by atoms with Crippen molar-refractivity contribution in [3.05, 3.63) is 22.2 Å². The van der Waals surface area contributed by atoms with Crippen LogP contribution in [0.25, 0.3) is 0 Å². The Morgan fingerprint density at radius 1 is 1.28 bits per heavy atom. The molecule has 0 radical (unpaired) electrons. The predicted molar refractivity (Wildman–Crippen MR) is 77.5 cm³/mol. The largest absolute Gasteiger partial charge is 0.397 e. The van der Waals surface area contributed by atoms with Gasteiger partial charge in [0.2, 0.25) is 5.91 Å². The molecule has 1 rings (SSSR count). The van der Waals surface area contributed by atoms with E-state index in [1.165, 1.54) is 4.90 Å². The van der Waals surface area contributed by atoms with Crippen LogP contribution in [0.4, 0.5) is 11.4 Å². The van der Waals surface area contributed by atoms with Crippen LogP contribution < -0.4 is 10.6 Å². The molecular formula is C12H17Cl2N3O. The quantitative estimate of drug-likeness (QED) is 0.867. The monoisotopic (exact) mass is 289 g/mol. The van der Waals surface area contributed by atoms with E-state index in [9.17, 15) is 4.79 Å². The zero-order valence-corrected chi connectivity index (χ0v) is 12.2. The minimum absolute atomic E-state index is 0.00215. The van der Waals surface area contributed by atoms with E-state index in [-0.39, 0.29) is 12.5 Å². The van der Waals surface area contributed by atoms with Gasteiger partial charge in [-0.15, -0.1) is 0 Å². The Morgan fingerprint density at radius 2 is 1.83 bits per heavy atom. The summed E-state index contributed by atoms with van der Waals surface area (Å²) in [7, 11) is 3.43. The summed E-state index contributed by atoms with van der Waals surface area (Å²) < 4.78 is 0. The highest BCUT2D eigenvalue weighted by Gasteiger charge is 2.15. The smallest absolute Gasteiger partial charge is 0.241 e. The van der Waals surface area contributed by atoms with Gasteiger partial charge in [0.05, 0.1) is 28.0 Å². The highest BCUT2D eigenvalue weighted by atomic mass is 35.5. The zero-order chi connectivity index (χ0) is 13.9. The summed E-state index contributed by atoms with van der Waals surface area (Å²) in [4.78, 5) is 15.1. The summed E-state index contributed by atoms with van der Waals surface area (Å²) in [5.41, 5.74) is 7.14. The number of halogens is 2. The fraction of sp³-hybridized carbons (Fsp3) is 0.417. The number of hydrogen-bond donors (Lipinski definition) is 1. The second-order valence-corrected chi connectivity index (χ2v) is 4.94. The molecule has 1 aromatic rings. The highest BCUT2D eigenvalue weighted by molar-refractivity contribution is 6.42. The number of anilines is 2. The Morgan fingerprint density at radius 3 is 2.33 bits per heavy atom. The van der Waals surface area contributed by atoms with Crippen molar-refractivity contribution in [1.82, 2.24) is 4.90 Å². The molecule has 0 aromatic heterocycles. The van der Waals surface area contributed by atoms with Gasteiger partial charge in [0, 0.05) is 20.6 Å². The molecule has 2 N–H and O–H groups in total. The number of nitrogens with two attached hydrogens (primary N) is 1. The van der Waals surface area contributed by atoms with Gasteiger partial charge < -0.3 is 15.5 Å². The maximum Gasteiger partial charge on any atom is 0.241 e. The summed E-state index contributed by atoms with van der Waals surface area (Å²) >= 11 is 11.9. The molecule has 0 atom stereocenters. The average Bonchev–Trinajstić information content (AvgIpc) is 2.30. The Balaban J connectivity index is 3.02. The third kappa shape index (κ3) is 3.43. The first-order valence-corrected chi connectivity index (χ1v) is 6.32. The first-order valence-electron chi connectivity index (χ1n) is 5.56. The molecule has 0 bridgehead atoms. The average molecular weight is 290 g/mol. The second kappa shape index (κ2) is 6.16. The summed E-state index contributed by atoms with van der Waals surface area (Å²) in [6, 6.07) is 3.29. The van der Waals surface area contributed by atoms with Gasteiger partial charge >= 0.3 is 0 Å². The lowest BCUT2D eigenvalue weighted by molar-refractivity contribution is -0.127. The standard InChI is InChI=1S/C12H17Cl2N3O/c1-4-17(7-12(18)16(2)3)11-6-9(14)8(13)5-10(11)15/h5-6H,4,7,15H2,1-3H3. The Labute approximate surface area is 117 Å². The molecule has 0 saturated carbocycles. The molecule has 0 spiro atoms. The van der Waals surface area contributed by atoms with Crippen molar-refractivity contribution in [3.8, 4) is 0 Å². The Hall–Kier alpha value is -1.13. The normalized spacial score (nSPS) is 10.3. The minimum atomic E-state index is 0.00215. The van der Waals surface area contributed by atoms with Crippen LogP contribution in [0.2, 0.25) is 10.0 Å². The number of hydrogen-bond acceptors (Lipinski definition) is 3.